The maximum atomic E-state index is 13.4. The molecule has 4 aromatic rings. The van der Waals surface area contributed by atoms with E-state index in [2.05, 4.69) is 5.32 Å². The quantitative estimate of drug-likeness (QED) is 0.0954. The van der Waals surface area contributed by atoms with Crippen LogP contribution in [0.3, 0.4) is 0 Å². The summed E-state index contributed by atoms with van der Waals surface area (Å²) in [6, 6.07) is 23.0. The number of rotatable bonds is 9. The molecule has 0 unspecified atom stereocenters. The van der Waals surface area contributed by atoms with Gasteiger partial charge in [-0.05, 0) is 83.9 Å². The number of nitrogens with one attached hydrogen (secondary N) is 1. The van der Waals surface area contributed by atoms with Gasteiger partial charge in [-0.3, -0.25) is 25.0 Å². The number of hydrogen-bond donors (Lipinski definition) is 1. The van der Waals surface area contributed by atoms with Gasteiger partial charge in [0.2, 0.25) is 0 Å². The molecule has 0 aromatic heterocycles. The topological polar surface area (TPSA) is 128 Å². The van der Waals surface area contributed by atoms with Gasteiger partial charge in [0.1, 0.15) is 30.3 Å². The number of nitro benzene ring substituents is 1. The number of halogens is 2. The van der Waals surface area contributed by atoms with Crippen LogP contribution in [-0.4, -0.2) is 22.8 Å². The molecule has 216 valence electrons. The van der Waals surface area contributed by atoms with Gasteiger partial charge in [-0.15, -0.1) is 0 Å². The van der Waals surface area contributed by atoms with Crippen molar-refractivity contribution in [1.29, 1.82) is 0 Å². The van der Waals surface area contributed by atoms with E-state index in [0.29, 0.717) is 32.7 Å². The van der Waals surface area contributed by atoms with Crippen LogP contribution in [0.5, 0.6) is 11.5 Å². The van der Waals surface area contributed by atoms with Gasteiger partial charge in [0.05, 0.1) is 10.6 Å². The van der Waals surface area contributed by atoms with Crippen LogP contribution in [0.2, 0.25) is 10.0 Å². The molecule has 43 heavy (non-hydrogen) atoms. The van der Waals surface area contributed by atoms with Crippen LogP contribution >= 0.6 is 23.2 Å². The Balaban J connectivity index is 1.34. The molecule has 0 atom stereocenters. The molecule has 0 spiro atoms. The van der Waals surface area contributed by atoms with Crippen molar-refractivity contribution in [3.8, 4) is 11.5 Å². The van der Waals surface area contributed by atoms with E-state index in [4.69, 9.17) is 32.7 Å². The number of barbiturate groups is 1. The molecule has 5 rings (SSSR count). The number of nitrogens with zero attached hydrogens (tertiary/aromatic N) is 2. The largest absolute Gasteiger partial charge is 0.489 e. The minimum atomic E-state index is -0.900. The van der Waals surface area contributed by atoms with Gasteiger partial charge in [-0.2, -0.15) is 0 Å². The number of nitro groups is 1. The van der Waals surface area contributed by atoms with E-state index in [1.54, 1.807) is 48.5 Å². The number of carbonyl (C=O) groups excluding carboxylic acids is 3. The fourth-order valence-electron chi connectivity index (χ4n) is 4.12. The third-order valence-electron chi connectivity index (χ3n) is 6.33. The number of anilines is 1. The predicted octanol–water partition coefficient (Wildman–Crippen LogP) is 6.73. The number of urea groups is 1. The molecule has 0 aliphatic carbocycles. The Hall–Kier alpha value is -5.19. The summed E-state index contributed by atoms with van der Waals surface area (Å²) >= 11 is 12.1. The highest BCUT2D eigenvalue weighted by molar-refractivity contribution is 6.39. The van der Waals surface area contributed by atoms with Crippen LogP contribution in [-0.2, 0) is 22.8 Å². The number of imide groups is 2. The molecule has 1 fully saturated rings. The van der Waals surface area contributed by atoms with Gasteiger partial charge in [-0.1, -0.05) is 35.3 Å². The summed E-state index contributed by atoms with van der Waals surface area (Å²) in [6.45, 7) is 0.336. The molecule has 1 N–H and O–H groups in total. The number of hydrogen-bond acceptors (Lipinski definition) is 7. The fourth-order valence-corrected chi connectivity index (χ4v) is 4.43. The van der Waals surface area contributed by atoms with Crippen LogP contribution in [0.1, 0.15) is 16.7 Å². The third-order valence-corrected chi connectivity index (χ3v) is 6.82. The highest BCUT2D eigenvalue weighted by Gasteiger charge is 2.37. The lowest BCUT2D eigenvalue weighted by Crippen LogP contribution is -2.54. The molecule has 0 saturated carbocycles. The van der Waals surface area contributed by atoms with Crippen LogP contribution in [0.4, 0.5) is 16.2 Å². The van der Waals surface area contributed by atoms with Gasteiger partial charge in [0.15, 0.2) is 0 Å². The lowest BCUT2D eigenvalue weighted by atomic mass is 10.1. The molecule has 1 aliphatic heterocycles. The summed E-state index contributed by atoms with van der Waals surface area (Å²) in [5, 5.41) is 14.0. The van der Waals surface area contributed by atoms with E-state index in [-0.39, 0.29) is 30.2 Å². The fraction of sp³-hybridized carbons (Fsp3) is 0.0645. The lowest BCUT2D eigenvalue weighted by Gasteiger charge is -2.26. The van der Waals surface area contributed by atoms with E-state index < -0.39 is 22.8 Å². The van der Waals surface area contributed by atoms with Crippen molar-refractivity contribution in [2.24, 2.45) is 0 Å². The maximum Gasteiger partial charge on any atom is 0.335 e. The van der Waals surface area contributed by atoms with Crippen LogP contribution < -0.4 is 19.7 Å². The minimum absolute atomic E-state index is 0.0486. The van der Waals surface area contributed by atoms with Gasteiger partial charge in [0.25, 0.3) is 17.5 Å². The highest BCUT2D eigenvalue weighted by Crippen LogP contribution is 2.29. The Bertz CT molecular complexity index is 1740. The average Bonchev–Trinajstić information content (AvgIpc) is 2.99. The molecular formula is C31H21Cl2N3O7. The monoisotopic (exact) mass is 617 g/mol. The minimum Gasteiger partial charge on any atom is -0.489 e. The standard InChI is InChI=1S/C31H21Cl2N3O7/c32-22-5-1-19(2-6-22)17-42-26-12-10-24(11-13-26)35-30(38)27(29(37)34-31(35)39)16-21-15-23(33)7-14-28(21)43-18-20-3-8-25(9-4-20)36(40)41/h1-16H,17-18H2,(H,34,37,39)/b27-16+. The molecule has 1 saturated heterocycles. The van der Waals surface area contributed by atoms with Gasteiger partial charge >= 0.3 is 6.03 Å². The second-order valence-electron chi connectivity index (χ2n) is 9.26. The summed E-state index contributed by atoms with van der Waals surface area (Å²) in [5.74, 6) is -0.925. The van der Waals surface area contributed by atoms with Crippen molar-refractivity contribution < 1.29 is 28.8 Å². The van der Waals surface area contributed by atoms with Crippen molar-refractivity contribution in [3.05, 3.63) is 133 Å². The molecule has 1 aliphatic rings. The van der Waals surface area contributed by atoms with Crippen molar-refractivity contribution >= 4 is 58.5 Å². The molecular weight excluding hydrogens is 597 g/mol. The van der Waals surface area contributed by atoms with E-state index in [1.165, 1.54) is 36.4 Å². The first kappa shape index (κ1) is 29.3. The molecule has 4 aromatic carbocycles. The maximum absolute atomic E-state index is 13.4. The number of amides is 4. The Labute approximate surface area is 255 Å². The van der Waals surface area contributed by atoms with Crippen LogP contribution in [0.25, 0.3) is 6.08 Å². The van der Waals surface area contributed by atoms with Gasteiger partial charge in [-0.25, -0.2) is 9.69 Å². The predicted molar refractivity (Wildman–Crippen MR) is 160 cm³/mol. The molecule has 0 radical (unpaired) electrons. The Morgan fingerprint density at radius 3 is 2.05 bits per heavy atom. The molecule has 10 nitrogen and oxygen atoms in total. The molecule has 12 heteroatoms. The summed E-state index contributed by atoms with van der Waals surface area (Å²) < 4.78 is 11.7. The molecule has 0 bridgehead atoms. The number of ether oxygens (including phenoxy) is 2. The normalized spacial score (nSPS) is 14.0. The highest BCUT2D eigenvalue weighted by atomic mass is 35.5. The van der Waals surface area contributed by atoms with Crippen molar-refractivity contribution in [2.75, 3.05) is 4.90 Å². The summed E-state index contributed by atoms with van der Waals surface area (Å²) in [4.78, 5) is 50.1. The zero-order valence-electron chi connectivity index (χ0n) is 22.2. The number of carbonyl (C=O) groups is 3. The zero-order chi connectivity index (χ0) is 30.5. The SMILES string of the molecule is O=C1NC(=O)N(c2ccc(OCc3ccc(Cl)cc3)cc2)C(=O)/C1=C/c1cc(Cl)ccc1OCc1ccc([N+](=O)[O-])cc1. The first-order valence-corrected chi connectivity index (χ1v) is 13.5. The zero-order valence-corrected chi connectivity index (χ0v) is 23.7. The van der Waals surface area contributed by atoms with Gasteiger partial charge < -0.3 is 9.47 Å². The third kappa shape index (κ3) is 7.00. The summed E-state index contributed by atoms with van der Waals surface area (Å²) in [7, 11) is 0. The van der Waals surface area contributed by atoms with Crippen LogP contribution in [0, 0.1) is 10.1 Å². The van der Waals surface area contributed by atoms with E-state index in [0.717, 1.165) is 10.5 Å². The Kier molecular flexibility index (Phi) is 8.70. The smallest absolute Gasteiger partial charge is 0.335 e. The molecule has 4 amide bonds. The first-order chi connectivity index (χ1) is 20.7. The van der Waals surface area contributed by atoms with Crippen molar-refractivity contribution in [3.63, 3.8) is 0 Å². The number of benzene rings is 4. The van der Waals surface area contributed by atoms with Crippen molar-refractivity contribution in [1.82, 2.24) is 5.32 Å². The number of non-ortho nitro benzene ring substituents is 1. The Morgan fingerprint density at radius 1 is 0.791 bits per heavy atom. The van der Waals surface area contributed by atoms with E-state index in [9.17, 15) is 24.5 Å². The second kappa shape index (κ2) is 12.8. The van der Waals surface area contributed by atoms with E-state index in [1.807, 2.05) is 12.1 Å². The lowest BCUT2D eigenvalue weighted by molar-refractivity contribution is -0.384. The molecule has 1 heterocycles. The van der Waals surface area contributed by atoms with Crippen LogP contribution in [0.15, 0.2) is 96.6 Å². The summed E-state index contributed by atoms with van der Waals surface area (Å²) in [6.07, 6.45) is 1.29. The second-order valence-corrected chi connectivity index (χ2v) is 10.1. The van der Waals surface area contributed by atoms with E-state index >= 15 is 0 Å². The average molecular weight is 618 g/mol. The van der Waals surface area contributed by atoms with Crippen molar-refractivity contribution in [2.45, 2.75) is 13.2 Å². The first-order valence-electron chi connectivity index (χ1n) is 12.7. The van der Waals surface area contributed by atoms with Gasteiger partial charge in [0, 0.05) is 27.7 Å². The summed E-state index contributed by atoms with van der Waals surface area (Å²) in [5.41, 5.74) is 1.73. The Morgan fingerprint density at radius 2 is 1.40 bits per heavy atom.